The van der Waals surface area contributed by atoms with Gasteiger partial charge in [0.1, 0.15) is 10.5 Å². The Morgan fingerprint density at radius 1 is 1.05 bits per heavy atom. The minimum Gasteiger partial charge on any atom is -0.384 e. The fraction of sp³-hybridized carbons (Fsp3) is 0.269. The van der Waals surface area contributed by atoms with Crippen LogP contribution in [-0.4, -0.2) is 68.3 Å². The molecule has 4 aromatic rings. The smallest absolute Gasteiger partial charge is 0.333 e. The molecule has 0 unspecified atom stereocenters. The van der Waals surface area contributed by atoms with Crippen LogP contribution in [0.15, 0.2) is 69.9 Å². The van der Waals surface area contributed by atoms with E-state index in [2.05, 4.69) is 20.5 Å². The van der Waals surface area contributed by atoms with Gasteiger partial charge in [-0.15, -0.1) is 11.3 Å². The lowest BCUT2D eigenvalue weighted by Crippen LogP contribution is -2.39. The average Bonchev–Trinajstić information content (AvgIpc) is 3.37. The number of nitrogens with one attached hydrogen (secondary N) is 3. The van der Waals surface area contributed by atoms with E-state index in [1.807, 2.05) is 16.9 Å². The number of benzene rings is 2. The number of sulfonamides is 1. The number of aromatic nitrogens is 2. The highest BCUT2D eigenvalue weighted by Gasteiger charge is 2.19. The molecule has 1 saturated heterocycles. The maximum atomic E-state index is 13.2. The van der Waals surface area contributed by atoms with Gasteiger partial charge >= 0.3 is 6.03 Å². The van der Waals surface area contributed by atoms with Crippen LogP contribution in [0, 0.1) is 6.92 Å². The number of hydrogen-bond donors (Lipinski definition) is 3. The number of urea groups is 1. The molecule has 0 saturated carbocycles. The van der Waals surface area contributed by atoms with Crippen molar-refractivity contribution in [3.05, 3.63) is 76.2 Å². The molecule has 2 aromatic carbocycles. The highest BCUT2D eigenvalue weighted by atomic mass is 32.2. The van der Waals surface area contributed by atoms with Gasteiger partial charge in [0.25, 0.3) is 15.6 Å². The molecule has 0 radical (unpaired) electrons. The van der Waals surface area contributed by atoms with Crippen LogP contribution in [0.3, 0.4) is 0 Å². The molecular formula is C26H28N6O5S2. The number of morpholine rings is 1. The van der Waals surface area contributed by atoms with E-state index >= 15 is 0 Å². The first-order valence-corrected chi connectivity index (χ1v) is 14.6. The normalized spacial score (nSPS) is 14.3. The van der Waals surface area contributed by atoms with Crippen molar-refractivity contribution in [2.24, 2.45) is 0 Å². The van der Waals surface area contributed by atoms with Gasteiger partial charge in [-0.2, -0.15) is 0 Å². The van der Waals surface area contributed by atoms with Crippen molar-refractivity contribution < 1.29 is 17.9 Å². The van der Waals surface area contributed by atoms with Crippen molar-refractivity contribution in [1.82, 2.24) is 19.2 Å². The summed E-state index contributed by atoms with van der Waals surface area (Å²) in [6.07, 6.45) is 1.47. The molecule has 1 fully saturated rings. The van der Waals surface area contributed by atoms with E-state index in [0.717, 1.165) is 61.3 Å². The van der Waals surface area contributed by atoms with Gasteiger partial charge in [0.15, 0.2) is 0 Å². The lowest BCUT2D eigenvalue weighted by molar-refractivity contribution is 0.0398. The molecule has 13 heteroatoms. The standard InChI is InChI=1S/C26H28N6O5S2/c1-18-2-9-24(38-18)39(35,36)30-26(34)29-19-3-6-21(7-4-19)32-17-28-23-16-20(5-8-22(23)25(32)33)27-10-11-31-12-14-37-15-13-31/h2-9,16-17,27H,10-15H2,1H3,(H2,29,30,34). The van der Waals surface area contributed by atoms with Gasteiger partial charge in [0, 0.05) is 42.4 Å². The molecule has 204 valence electrons. The number of aryl methyl sites for hydroxylation is 1. The third kappa shape index (κ3) is 6.45. The predicted octanol–water partition coefficient (Wildman–Crippen LogP) is 3.01. The first-order chi connectivity index (χ1) is 18.8. The van der Waals surface area contributed by atoms with Crippen LogP contribution in [0.4, 0.5) is 16.2 Å². The zero-order valence-electron chi connectivity index (χ0n) is 21.2. The number of thiophene rings is 1. The number of nitrogens with zero attached hydrogens (tertiary/aromatic N) is 3. The van der Waals surface area contributed by atoms with Gasteiger partial charge in [0.05, 0.1) is 29.8 Å². The van der Waals surface area contributed by atoms with E-state index in [1.165, 1.54) is 17.0 Å². The van der Waals surface area contributed by atoms with E-state index in [0.29, 0.717) is 22.3 Å². The number of amides is 2. The van der Waals surface area contributed by atoms with Crippen LogP contribution < -0.4 is 20.9 Å². The Bertz CT molecular complexity index is 1640. The van der Waals surface area contributed by atoms with Crippen molar-refractivity contribution in [2.45, 2.75) is 11.1 Å². The Labute approximate surface area is 229 Å². The zero-order valence-corrected chi connectivity index (χ0v) is 22.8. The minimum atomic E-state index is -3.96. The molecule has 0 spiro atoms. The second kappa shape index (κ2) is 11.5. The van der Waals surface area contributed by atoms with E-state index in [4.69, 9.17) is 4.74 Å². The van der Waals surface area contributed by atoms with Crippen LogP contribution >= 0.6 is 11.3 Å². The van der Waals surface area contributed by atoms with E-state index in [-0.39, 0.29) is 9.77 Å². The quantitative estimate of drug-likeness (QED) is 0.295. The number of hydrogen-bond acceptors (Lipinski definition) is 9. The molecule has 0 bridgehead atoms. The minimum absolute atomic E-state index is 0.0598. The zero-order chi connectivity index (χ0) is 27.4. The summed E-state index contributed by atoms with van der Waals surface area (Å²) >= 11 is 1.08. The Kier molecular flexibility index (Phi) is 7.93. The van der Waals surface area contributed by atoms with E-state index in [9.17, 15) is 18.0 Å². The molecule has 3 N–H and O–H groups in total. The van der Waals surface area contributed by atoms with Gasteiger partial charge < -0.3 is 15.4 Å². The molecule has 2 amide bonds. The number of fused-ring (bicyclic) bond motifs is 1. The third-order valence-electron chi connectivity index (χ3n) is 6.23. The highest BCUT2D eigenvalue weighted by Crippen LogP contribution is 2.21. The number of ether oxygens (including phenoxy) is 1. The highest BCUT2D eigenvalue weighted by molar-refractivity contribution is 7.92. The molecule has 39 heavy (non-hydrogen) atoms. The molecule has 3 heterocycles. The third-order valence-corrected chi connectivity index (χ3v) is 9.05. The Hall–Kier alpha value is -3.78. The van der Waals surface area contributed by atoms with Crippen molar-refractivity contribution >= 4 is 49.7 Å². The molecule has 2 aromatic heterocycles. The largest absolute Gasteiger partial charge is 0.384 e. The lowest BCUT2D eigenvalue weighted by atomic mass is 10.2. The van der Waals surface area contributed by atoms with Gasteiger partial charge in [-0.25, -0.2) is 22.9 Å². The van der Waals surface area contributed by atoms with Crippen molar-refractivity contribution in [3.63, 3.8) is 0 Å². The molecule has 0 atom stereocenters. The molecule has 0 aliphatic carbocycles. The molecule has 11 nitrogen and oxygen atoms in total. The number of anilines is 2. The number of carbonyl (C=O) groups excluding carboxylic acids is 1. The van der Waals surface area contributed by atoms with E-state index < -0.39 is 16.1 Å². The van der Waals surface area contributed by atoms with E-state index in [1.54, 1.807) is 43.3 Å². The second-order valence-corrected chi connectivity index (χ2v) is 12.2. The maximum absolute atomic E-state index is 13.2. The maximum Gasteiger partial charge on any atom is 0.333 e. The van der Waals surface area contributed by atoms with Crippen LogP contribution in [0.5, 0.6) is 0 Å². The van der Waals surface area contributed by atoms with Crippen LogP contribution in [0.2, 0.25) is 0 Å². The summed E-state index contributed by atoms with van der Waals surface area (Å²) in [7, 11) is -3.96. The van der Waals surface area contributed by atoms with Crippen LogP contribution in [0.25, 0.3) is 16.6 Å². The molecule has 1 aliphatic heterocycles. The summed E-state index contributed by atoms with van der Waals surface area (Å²) < 4.78 is 33.6. The van der Waals surface area contributed by atoms with Gasteiger partial charge in [0.2, 0.25) is 0 Å². The summed E-state index contributed by atoms with van der Waals surface area (Å²) in [5.74, 6) is 0. The fourth-order valence-electron chi connectivity index (χ4n) is 4.19. The predicted molar refractivity (Wildman–Crippen MR) is 151 cm³/mol. The fourth-order valence-corrected chi connectivity index (χ4v) is 6.38. The van der Waals surface area contributed by atoms with Crippen molar-refractivity contribution in [3.8, 4) is 5.69 Å². The molecular weight excluding hydrogens is 540 g/mol. The second-order valence-electron chi connectivity index (χ2n) is 9.00. The summed E-state index contributed by atoms with van der Waals surface area (Å²) in [5.41, 5.74) is 2.17. The number of rotatable bonds is 8. The topological polar surface area (TPSA) is 135 Å². The molecule has 1 aliphatic rings. The van der Waals surface area contributed by atoms with Gasteiger partial charge in [-0.1, -0.05) is 0 Å². The van der Waals surface area contributed by atoms with Crippen LogP contribution in [-0.2, 0) is 14.8 Å². The average molecular weight is 569 g/mol. The SMILES string of the molecule is Cc1ccc(S(=O)(=O)NC(=O)Nc2ccc(-n3cnc4cc(NCCN5CCOCC5)ccc4c3=O)cc2)s1. The lowest BCUT2D eigenvalue weighted by Gasteiger charge is -2.26. The first-order valence-electron chi connectivity index (χ1n) is 12.3. The summed E-state index contributed by atoms with van der Waals surface area (Å²) in [6.45, 7) is 6.87. The Balaban J connectivity index is 1.23. The summed E-state index contributed by atoms with van der Waals surface area (Å²) in [6, 6.07) is 14.2. The van der Waals surface area contributed by atoms with Crippen LogP contribution in [0.1, 0.15) is 4.88 Å². The van der Waals surface area contributed by atoms with Crippen molar-refractivity contribution in [1.29, 1.82) is 0 Å². The Morgan fingerprint density at radius 2 is 1.79 bits per heavy atom. The first kappa shape index (κ1) is 26.8. The number of carbonyl (C=O) groups is 1. The van der Waals surface area contributed by atoms with Gasteiger partial charge in [-0.05, 0) is 61.5 Å². The van der Waals surface area contributed by atoms with Gasteiger partial charge in [-0.3, -0.25) is 14.3 Å². The Morgan fingerprint density at radius 3 is 2.51 bits per heavy atom. The van der Waals surface area contributed by atoms with Crippen molar-refractivity contribution in [2.75, 3.05) is 50.0 Å². The molecule has 5 rings (SSSR count). The summed E-state index contributed by atoms with van der Waals surface area (Å²) in [5, 5.41) is 6.36. The monoisotopic (exact) mass is 568 g/mol. The summed E-state index contributed by atoms with van der Waals surface area (Å²) in [4.78, 5) is 33.1.